The van der Waals surface area contributed by atoms with E-state index in [1.54, 1.807) is 6.08 Å². The van der Waals surface area contributed by atoms with Gasteiger partial charge in [-0.25, -0.2) is 0 Å². The molecule has 0 aromatic heterocycles. The van der Waals surface area contributed by atoms with E-state index in [0.717, 1.165) is 15.7 Å². The van der Waals surface area contributed by atoms with E-state index in [2.05, 4.69) is 10.4 Å². The Balaban J connectivity index is 2.69. The third-order valence-electron chi connectivity index (χ3n) is 1.73. The van der Waals surface area contributed by atoms with Crippen LogP contribution in [0.3, 0.4) is 0 Å². The molecule has 0 bridgehead atoms. The molecular formula is C9H7N3O. The van der Waals surface area contributed by atoms with Gasteiger partial charge in [-0.1, -0.05) is 24.3 Å². The lowest BCUT2D eigenvalue weighted by Gasteiger charge is -1.97. The smallest absolute Gasteiger partial charge is 0.0930 e. The van der Waals surface area contributed by atoms with Crippen molar-refractivity contribution in [2.24, 2.45) is 10.4 Å². The molecule has 1 aliphatic heterocycles. The molecule has 0 atom stereocenters. The lowest BCUT2D eigenvalue weighted by atomic mass is 10.3. The fourth-order valence-electron chi connectivity index (χ4n) is 1.13. The second kappa shape index (κ2) is 3.18. The zero-order valence-corrected chi connectivity index (χ0v) is 6.79. The van der Waals surface area contributed by atoms with Gasteiger partial charge in [0, 0.05) is 5.22 Å². The van der Waals surface area contributed by atoms with Gasteiger partial charge in [0.1, 0.15) is 0 Å². The largest absolute Gasteiger partial charge is 0.148 e. The highest BCUT2D eigenvalue weighted by Crippen LogP contribution is 1.92. The summed E-state index contributed by atoms with van der Waals surface area (Å²) < 4.78 is 0. The summed E-state index contributed by atoms with van der Waals surface area (Å²) in [5.74, 6) is 0. The van der Waals surface area contributed by atoms with E-state index in [1.165, 1.54) is 6.20 Å². The molecule has 1 heterocycles. The van der Waals surface area contributed by atoms with Gasteiger partial charge in [0.15, 0.2) is 0 Å². The number of nitroso groups, excluding NO2 is 1. The molecule has 0 fully saturated rings. The van der Waals surface area contributed by atoms with Crippen molar-refractivity contribution in [3.63, 3.8) is 0 Å². The van der Waals surface area contributed by atoms with Crippen molar-refractivity contribution in [3.05, 3.63) is 52.0 Å². The molecule has 13 heavy (non-hydrogen) atoms. The van der Waals surface area contributed by atoms with Crippen LogP contribution in [0.5, 0.6) is 0 Å². The van der Waals surface area contributed by atoms with Crippen LogP contribution in [0.2, 0.25) is 0 Å². The summed E-state index contributed by atoms with van der Waals surface area (Å²) in [7, 11) is 0. The number of fused-ring (bicyclic) bond motifs is 1. The minimum Gasteiger partial charge on any atom is -0.148 e. The van der Waals surface area contributed by atoms with Gasteiger partial charge in [-0.3, -0.25) is 0 Å². The fraction of sp³-hybridized carbons (Fsp3) is 0. The average molecular weight is 173 g/mol. The van der Waals surface area contributed by atoms with Gasteiger partial charge < -0.3 is 0 Å². The normalized spacial score (nSPS) is 13.7. The molecule has 1 aromatic rings. The van der Waals surface area contributed by atoms with Gasteiger partial charge >= 0.3 is 0 Å². The zero-order chi connectivity index (χ0) is 9.10. The molecule has 0 amide bonds. The van der Waals surface area contributed by atoms with Crippen LogP contribution in [0, 0.1) is 4.91 Å². The van der Waals surface area contributed by atoms with Gasteiger partial charge in [-0.2, -0.15) is 0 Å². The molecule has 0 saturated carbocycles. The topological polar surface area (TPSA) is 45.0 Å². The molecule has 1 aliphatic rings. The van der Waals surface area contributed by atoms with Gasteiger partial charge in [-0.05, 0) is 12.1 Å². The number of benzene rings is 1. The first-order valence-electron chi connectivity index (χ1n) is 3.85. The maximum Gasteiger partial charge on any atom is 0.0930 e. The van der Waals surface area contributed by atoms with Crippen molar-refractivity contribution in [2.75, 3.05) is 0 Å². The van der Waals surface area contributed by atoms with Crippen LogP contribution in [0.25, 0.3) is 6.08 Å². The molecule has 1 aromatic carbocycles. The number of hydrogen-bond donors (Lipinski definition) is 0. The van der Waals surface area contributed by atoms with Crippen molar-refractivity contribution in [2.45, 2.75) is 0 Å². The number of allylic oxidation sites excluding steroid dienone is 1. The van der Waals surface area contributed by atoms with E-state index in [9.17, 15) is 4.91 Å². The Hall–Kier alpha value is -1.97. The fourth-order valence-corrected chi connectivity index (χ4v) is 1.13. The molecule has 0 saturated heterocycles. The summed E-state index contributed by atoms with van der Waals surface area (Å²) >= 11 is 0. The van der Waals surface area contributed by atoms with E-state index < -0.39 is 0 Å². The van der Waals surface area contributed by atoms with Crippen molar-refractivity contribution in [1.82, 2.24) is 5.12 Å². The number of rotatable bonds is 1. The number of nitrogens with zero attached hydrogens (tertiary/aromatic N) is 3. The molecule has 0 N–H and O–H groups in total. The lowest BCUT2D eigenvalue weighted by Crippen LogP contribution is -2.25. The quantitative estimate of drug-likeness (QED) is 0.581. The predicted molar refractivity (Wildman–Crippen MR) is 48.5 cm³/mol. The summed E-state index contributed by atoms with van der Waals surface area (Å²) in [5.41, 5.74) is 0. The Morgan fingerprint density at radius 3 is 3.00 bits per heavy atom. The van der Waals surface area contributed by atoms with Gasteiger partial charge in [0.2, 0.25) is 0 Å². The first-order valence-corrected chi connectivity index (χ1v) is 3.85. The summed E-state index contributed by atoms with van der Waals surface area (Å²) in [6.07, 6.45) is 5.12. The highest BCUT2D eigenvalue weighted by atomic mass is 16.3. The molecule has 0 radical (unpaired) electrons. The number of hydrogen-bond acceptors (Lipinski definition) is 3. The van der Waals surface area contributed by atoms with Crippen molar-refractivity contribution in [3.8, 4) is 0 Å². The molecule has 0 unspecified atom stereocenters. The third-order valence-corrected chi connectivity index (χ3v) is 1.73. The Kier molecular flexibility index (Phi) is 1.88. The SMILES string of the molecule is O=NN1C=CC=c2ccccc2=N1. The standard InChI is InChI=1S/C9H7N3O/c13-11-12-7-3-5-8-4-1-2-6-9(8)10-12/h1-7H. The van der Waals surface area contributed by atoms with Crippen molar-refractivity contribution >= 4 is 6.08 Å². The molecule has 0 aliphatic carbocycles. The summed E-state index contributed by atoms with van der Waals surface area (Å²) in [6, 6.07) is 7.54. The second-order valence-electron chi connectivity index (χ2n) is 2.57. The average Bonchev–Trinajstić information content (AvgIpc) is 2.38. The molecular weight excluding hydrogens is 166 g/mol. The maximum atomic E-state index is 10.2. The molecule has 4 heteroatoms. The van der Waals surface area contributed by atoms with Gasteiger partial charge in [0.05, 0.1) is 16.8 Å². The summed E-state index contributed by atoms with van der Waals surface area (Å²) in [6.45, 7) is 0. The van der Waals surface area contributed by atoms with E-state index >= 15 is 0 Å². The molecule has 4 nitrogen and oxygen atoms in total. The first kappa shape index (κ1) is 7.67. The Morgan fingerprint density at radius 1 is 1.31 bits per heavy atom. The maximum absolute atomic E-state index is 10.2. The van der Waals surface area contributed by atoms with Crippen LogP contribution >= 0.6 is 0 Å². The molecule has 2 rings (SSSR count). The van der Waals surface area contributed by atoms with Crippen molar-refractivity contribution < 1.29 is 0 Å². The van der Waals surface area contributed by atoms with Gasteiger partial charge in [-0.15, -0.1) is 15.1 Å². The van der Waals surface area contributed by atoms with E-state index in [4.69, 9.17) is 0 Å². The molecule has 64 valence electrons. The minimum absolute atomic E-state index is 0.743. The van der Waals surface area contributed by atoms with E-state index in [1.807, 2.05) is 30.3 Å². The Morgan fingerprint density at radius 2 is 2.15 bits per heavy atom. The Labute approximate surface area is 74.4 Å². The summed E-state index contributed by atoms with van der Waals surface area (Å²) in [5, 5.41) is 9.43. The zero-order valence-electron chi connectivity index (χ0n) is 6.79. The highest BCUT2D eigenvalue weighted by Gasteiger charge is 1.95. The van der Waals surface area contributed by atoms with Crippen LogP contribution in [0.4, 0.5) is 0 Å². The van der Waals surface area contributed by atoms with E-state index in [-0.39, 0.29) is 0 Å². The monoisotopic (exact) mass is 173 g/mol. The minimum atomic E-state index is 0.743. The van der Waals surface area contributed by atoms with Crippen LogP contribution in [-0.4, -0.2) is 5.12 Å². The highest BCUT2D eigenvalue weighted by molar-refractivity contribution is 5.36. The Bertz CT molecular complexity index is 464. The lowest BCUT2D eigenvalue weighted by molar-refractivity contribution is 0.405. The first-order chi connectivity index (χ1) is 6.40. The molecule has 0 spiro atoms. The van der Waals surface area contributed by atoms with Crippen LogP contribution in [-0.2, 0) is 0 Å². The van der Waals surface area contributed by atoms with Crippen molar-refractivity contribution in [1.29, 1.82) is 0 Å². The third kappa shape index (κ3) is 1.46. The van der Waals surface area contributed by atoms with Gasteiger partial charge in [0.25, 0.3) is 0 Å². The van der Waals surface area contributed by atoms with Crippen LogP contribution < -0.4 is 10.6 Å². The van der Waals surface area contributed by atoms with Crippen LogP contribution in [0.15, 0.2) is 46.9 Å². The predicted octanol–water partition coefficient (Wildman–Crippen LogP) is 0.512. The van der Waals surface area contributed by atoms with Crippen LogP contribution in [0.1, 0.15) is 0 Å². The second-order valence-corrected chi connectivity index (χ2v) is 2.57. The van der Waals surface area contributed by atoms with E-state index in [0.29, 0.717) is 0 Å². The summed E-state index contributed by atoms with van der Waals surface area (Å²) in [4.78, 5) is 10.2.